The molecular formula is C12H16O. The Morgan fingerprint density at radius 1 is 1.23 bits per heavy atom. The zero-order valence-corrected chi connectivity index (χ0v) is 8.77. The van der Waals surface area contributed by atoms with Crippen LogP contribution in [0.4, 0.5) is 0 Å². The third-order valence-corrected chi connectivity index (χ3v) is 2.75. The van der Waals surface area contributed by atoms with Crippen LogP contribution in [0.1, 0.15) is 36.1 Å². The zero-order chi connectivity index (χ0) is 9.64. The smallest absolute Gasteiger partial charge is 0.0885 e. The first kappa shape index (κ1) is 8.76. The molecule has 0 saturated heterocycles. The second kappa shape index (κ2) is 2.58. The third kappa shape index (κ3) is 1.28. The molecule has 0 saturated carbocycles. The molecule has 0 spiro atoms. The minimum absolute atomic E-state index is 0.0902. The van der Waals surface area contributed by atoms with Crippen molar-refractivity contribution < 1.29 is 4.74 Å². The first-order valence-electron chi connectivity index (χ1n) is 4.75. The molecule has 0 aliphatic carbocycles. The third-order valence-electron chi connectivity index (χ3n) is 2.75. The van der Waals surface area contributed by atoms with E-state index < -0.39 is 0 Å². The first-order valence-corrected chi connectivity index (χ1v) is 4.75. The lowest BCUT2D eigenvalue weighted by molar-refractivity contribution is -0.00818. The highest BCUT2D eigenvalue weighted by Gasteiger charge is 2.32. The van der Waals surface area contributed by atoms with Gasteiger partial charge in [0.05, 0.1) is 12.2 Å². The van der Waals surface area contributed by atoms with Gasteiger partial charge in [0.25, 0.3) is 0 Å². The molecule has 1 aromatic carbocycles. The normalized spacial score (nSPS) is 18.8. The average Bonchev–Trinajstić information content (AvgIpc) is 2.26. The van der Waals surface area contributed by atoms with Crippen LogP contribution in [0.25, 0.3) is 0 Å². The monoisotopic (exact) mass is 176 g/mol. The fourth-order valence-electron chi connectivity index (χ4n) is 2.36. The summed E-state index contributed by atoms with van der Waals surface area (Å²) in [6.07, 6.45) is 0. The van der Waals surface area contributed by atoms with Gasteiger partial charge in [0, 0.05) is 0 Å². The highest BCUT2D eigenvalue weighted by atomic mass is 16.5. The van der Waals surface area contributed by atoms with Crippen molar-refractivity contribution in [3.05, 3.63) is 34.4 Å². The number of ether oxygens (including phenoxy) is 1. The largest absolute Gasteiger partial charge is 0.366 e. The maximum absolute atomic E-state index is 5.75. The molecule has 0 radical (unpaired) electrons. The van der Waals surface area contributed by atoms with Gasteiger partial charge in [-0.05, 0) is 44.4 Å². The highest BCUT2D eigenvalue weighted by Crippen LogP contribution is 2.38. The summed E-state index contributed by atoms with van der Waals surface area (Å²) in [7, 11) is 0. The molecule has 1 heteroatoms. The lowest BCUT2D eigenvalue weighted by atomic mass is 9.90. The molecule has 0 unspecified atom stereocenters. The van der Waals surface area contributed by atoms with Crippen LogP contribution in [0.3, 0.4) is 0 Å². The second-order valence-corrected chi connectivity index (χ2v) is 4.41. The highest BCUT2D eigenvalue weighted by molar-refractivity contribution is 5.43. The molecule has 70 valence electrons. The van der Waals surface area contributed by atoms with E-state index in [1.165, 1.54) is 22.3 Å². The van der Waals surface area contributed by atoms with Gasteiger partial charge in [-0.25, -0.2) is 0 Å². The number of benzene rings is 1. The van der Waals surface area contributed by atoms with Gasteiger partial charge in [-0.3, -0.25) is 0 Å². The van der Waals surface area contributed by atoms with Gasteiger partial charge < -0.3 is 4.74 Å². The lowest BCUT2D eigenvalue weighted by Gasteiger charge is -2.20. The molecule has 1 nitrogen and oxygen atoms in total. The minimum atomic E-state index is -0.0902. The molecule has 1 aromatic rings. The maximum atomic E-state index is 5.75. The average molecular weight is 176 g/mol. The van der Waals surface area contributed by atoms with Gasteiger partial charge in [0.15, 0.2) is 0 Å². The Labute approximate surface area is 79.7 Å². The molecule has 13 heavy (non-hydrogen) atoms. The van der Waals surface area contributed by atoms with Crippen molar-refractivity contribution in [2.24, 2.45) is 0 Å². The van der Waals surface area contributed by atoms with Gasteiger partial charge in [-0.15, -0.1) is 0 Å². The molecule has 0 aromatic heterocycles. The van der Waals surface area contributed by atoms with Gasteiger partial charge in [0.1, 0.15) is 0 Å². The molecule has 1 aliphatic rings. The second-order valence-electron chi connectivity index (χ2n) is 4.41. The van der Waals surface area contributed by atoms with Gasteiger partial charge >= 0.3 is 0 Å². The van der Waals surface area contributed by atoms with Crippen LogP contribution in [0.15, 0.2) is 12.1 Å². The summed E-state index contributed by atoms with van der Waals surface area (Å²) in [5.41, 5.74) is 5.35. The van der Waals surface area contributed by atoms with Crippen LogP contribution in [0, 0.1) is 13.8 Å². The summed E-state index contributed by atoms with van der Waals surface area (Å²) < 4.78 is 5.75. The Kier molecular flexibility index (Phi) is 1.74. The van der Waals surface area contributed by atoms with Crippen molar-refractivity contribution in [2.45, 2.75) is 39.9 Å². The van der Waals surface area contributed by atoms with Crippen molar-refractivity contribution >= 4 is 0 Å². The predicted molar refractivity (Wildman–Crippen MR) is 53.7 cm³/mol. The van der Waals surface area contributed by atoms with E-state index in [2.05, 4.69) is 39.8 Å². The van der Waals surface area contributed by atoms with Crippen LogP contribution in [-0.2, 0) is 16.9 Å². The van der Waals surface area contributed by atoms with E-state index in [1.807, 2.05) is 0 Å². The quantitative estimate of drug-likeness (QED) is 0.590. The van der Waals surface area contributed by atoms with E-state index >= 15 is 0 Å². The standard InChI is InChI=1S/C12H16O/c1-8-5-9(2)11-10(6-8)7-13-12(11,3)4/h5-6H,7H2,1-4H3. The van der Waals surface area contributed by atoms with Crippen LogP contribution in [0.5, 0.6) is 0 Å². The van der Waals surface area contributed by atoms with Crippen molar-refractivity contribution in [1.82, 2.24) is 0 Å². The van der Waals surface area contributed by atoms with E-state index in [1.54, 1.807) is 0 Å². The summed E-state index contributed by atoms with van der Waals surface area (Å²) in [5, 5.41) is 0. The zero-order valence-electron chi connectivity index (χ0n) is 8.77. The molecule has 0 fully saturated rings. The van der Waals surface area contributed by atoms with Crippen LogP contribution in [0.2, 0.25) is 0 Å². The van der Waals surface area contributed by atoms with E-state index in [0.29, 0.717) is 0 Å². The molecule has 0 atom stereocenters. The number of hydrogen-bond donors (Lipinski definition) is 0. The Bertz CT molecular complexity index is 350. The summed E-state index contributed by atoms with van der Waals surface area (Å²) >= 11 is 0. The molecule has 1 aliphatic heterocycles. The Morgan fingerprint density at radius 3 is 2.62 bits per heavy atom. The summed E-state index contributed by atoms with van der Waals surface area (Å²) in [6.45, 7) is 9.36. The fourth-order valence-corrected chi connectivity index (χ4v) is 2.36. The molecule has 1 heterocycles. The Hall–Kier alpha value is -0.820. The van der Waals surface area contributed by atoms with Gasteiger partial charge in [-0.2, -0.15) is 0 Å². The van der Waals surface area contributed by atoms with Gasteiger partial charge in [0.2, 0.25) is 0 Å². The SMILES string of the molecule is Cc1cc(C)c2c(c1)COC2(C)C. The van der Waals surface area contributed by atoms with Crippen LogP contribution >= 0.6 is 0 Å². The van der Waals surface area contributed by atoms with E-state index in [4.69, 9.17) is 4.74 Å². The Balaban J connectivity index is 2.65. The van der Waals surface area contributed by atoms with E-state index in [-0.39, 0.29) is 5.60 Å². The lowest BCUT2D eigenvalue weighted by Crippen LogP contribution is -2.16. The number of fused-ring (bicyclic) bond motifs is 1. The molecule has 0 bridgehead atoms. The van der Waals surface area contributed by atoms with Crippen molar-refractivity contribution in [3.63, 3.8) is 0 Å². The molecular weight excluding hydrogens is 160 g/mol. The Morgan fingerprint density at radius 2 is 1.92 bits per heavy atom. The fraction of sp³-hybridized carbons (Fsp3) is 0.500. The summed E-state index contributed by atoms with van der Waals surface area (Å²) in [6, 6.07) is 4.46. The maximum Gasteiger partial charge on any atom is 0.0885 e. The number of aryl methyl sites for hydroxylation is 2. The first-order chi connectivity index (χ1) is 6.00. The van der Waals surface area contributed by atoms with E-state index in [0.717, 1.165) is 6.61 Å². The van der Waals surface area contributed by atoms with Crippen LogP contribution in [-0.4, -0.2) is 0 Å². The van der Waals surface area contributed by atoms with Crippen molar-refractivity contribution in [3.8, 4) is 0 Å². The van der Waals surface area contributed by atoms with Crippen molar-refractivity contribution in [1.29, 1.82) is 0 Å². The molecule has 0 amide bonds. The van der Waals surface area contributed by atoms with Crippen molar-refractivity contribution in [2.75, 3.05) is 0 Å². The summed E-state index contributed by atoms with van der Waals surface area (Å²) in [5.74, 6) is 0. The van der Waals surface area contributed by atoms with Gasteiger partial charge in [-0.1, -0.05) is 17.7 Å². The van der Waals surface area contributed by atoms with Crippen LogP contribution < -0.4 is 0 Å². The minimum Gasteiger partial charge on any atom is -0.366 e. The number of hydrogen-bond acceptors (Lipinski definition) is 1. The number of rotatable bonds is 0. The molecule has 0 N–H and O–H groups in total. The molecule has 2 rings (SSSR count). The predicted octanol–water partition coefficient (Wildman–Crippen LogP) is 3.07. The van der Waals surface area contributed by atoms with E-state index in [9.17, 15) is 0 Å². The summed E-state index contributed by atoms with van der Waals surface area (Å²) in [4.78, 5) is 0. The topological polar surface area (TPSA) is 9.23 Å².